The lowest BCUT2D eigenvalue weighted by atomic mass is 10.1. The first-order chi connectivity index (χ1) is 12.5. The molecule has 2 aromatic heterocycles. The molecule has 3 rings (SSSR count). The number of carbonyl (C=O) groups excluding carboxylic acids is 1. The first kappa shape index (κ1) is 17.7. The molecule has 0 aliphatic carbocycles. The van der Waals surface area contributed by atoms with Crippen LogP contribution in [0.15, 0.2) is 42.7 Å². The third-order valence-electron chi connectivity index (χ3n) is 4.23. The number of halogens is 2. The standard InChI is InChI=1S/C19H18F2N4O/c1-12-16(11-24-25(12)2)14-6-7-22-18(9-14)19(26)23-8-5-13-3-4-15(20)10-17(13)21/h3-4,6-7,9-11H,5,8H2,1-2H3,(H,23,26). The van der Waals surface area contributed by atoms with E-state index in [-0.39, 0.29) is 24.6 Å². The number of aromatic nitrogens is 3. The molecule has 0 aliphatic heterocycles. The Labute approximate surface area is 149 Å². The van der Waals surface area contributed by atoms with Gasteiger partial charge in [0.15, 0.2) is 0 Å². The van der Waals surface area contributed by atoms with Gasteiger partial charge in [0.25, 0.3) is 5.91 Å². The zero-order chi connectivity index (χ0) is 18.7. The highest BCUT2D eigenvalue weighted by molar-refractivity contribution is 5.93. The maximum atomic E-state index is 13.6. The Morgan fingerprint density at radius 3 is 2.73 bits per heavy atom. The lowest BCUT2D eigenvalue weighted by molar-refractivity contribution is 0.0949. The molecule has 7 heteroatoms. The summed E-state index contributed by atoms with van der Waals surface area (Å²) in [6.07, 6.45) is 3.57. The number of rotatable bonds is 5. The third kappa shape index (κ3) is 3.77. The lowest BCUT2D eigenvalue weighted by Gasteiger charge is -2.07. The van der Waals surface area contributed by atoms with Crippen LogP contribution in [0.1, 0.15) is 21.7 Å². The number of aryl methyl sites for hydroxylation is 1. The van der Waals surface area contributed by atoms with Crippen molar-refractivity contribution >= 4 is 5.91 Å². The van der Waals surface area contributed by atoms with Crippen molar-refractivity contribution in [2.75, 3.05) is 6.54 Å². The number of hydrogen-bond donors (Lipinski definition) is 1. The zero-order valence-electron chi connectivity index (χ0n) is 14.5. The summed E-state index contributed by atoms with van der Waals surface area (Å²) < 4.78 is 28.3. The minimum Gasteiger partial charge on any atom is -0.350 e. The summed E-state index contributed by atoms with van der Waals surface area (Å²) >= 11 is 0. The number of carbonyl (C=O) groups is 1. The molecule has 0 fully saturated rings. The summed E-state index contributed by atoms with van der Waals surface area (Å²) in [5.74, 6) is -1.59. The van der Waals surface area contributed by atoms with E-state index in [1.165, 1.54) is 12.1 Å². The molecule has 5 nitrogen and oxygen atoms in total. The van der Waals surface area contributed by atoms with Gasteiger partial charge in [-0.2, -0.15) is 5.10 Å². The van der Waals surface area contributed by atoms with Crippen molar-refractivity contribution in [2.45, 2.75) is 13.3 Å². The number of pyridine rings is 1. The molecule has 0 unspecified atom stereocenters. The number of nitrogens with zero attached hydrogens (tertiary/aromatic N) is 3. The van der Waals surface area contributed by atoms with Crippen molar-refractivity contribution in [2.24, 2.45) is 7.05 Å². The van der Waals surface area contributed by atoms with Crippen LogP contribution in [0.4, 0.5) is 8.78 Å². The Kier molecular flexibility index (Phi) is 5.06. The van der Waals surface area contributed by atoms with Gasteiger partial charge in [0.1, 0.15) is 17.3 Å². The average molecular weight is 356 g/mol. The van der Waals surface area contributed by atoms with Crippen LogP contribution in [0, 0.1) is 18.6 Å². The van der Waals surface area contributed by atoms with Crippen LogP contribution in [-0.2, 0) is 13.5 Å². The summed E-state index contributed by atoms with van der Waals surface area (Å²) in [4.78, 5) is 16.4. The van der Waals surface area contributed by atoms with Crippen molar-refractivity contribution in [3.8, 4) is 11.1 Å². The van der Waals surface area contributed by atoms with Crippen molar-refractivity contribution in [3.63, 3.8) is 0 Å². The van der Waals surface area contributed by atoms with Gasteiger partial charge in [-0.15, -0.1) is 0 Å². The molecule has 3 aromatic rings. The number of hydrogen-bond acceptors (Lipinski definition) is 3. The van der Waals surface area contributed by atoms with Gasteiger partial charge in [0.05, 0.1) is 6.20 Å². The largest absolute Gasteiger partial charge is 0.350 e. The first-order valence-electron chi connectivity index (χ1n) is 8.13. The second kappa shape index (κ2) is 7.43. The maximum Gasteiger partial charge on any atom is 0.269 e. The highest BCUT2D eigenvalue weighted by atomic mass is 19.1. The normalized spacial score (nSPS) is 10.8. The molecule has 1 aromatic carbocycles. The Bertz CT molecular complexity index is 952. The van der Waals surface area contributed by atoms with Crippen LogP contribution < -0.4 is 5.32 Å². The molecule has 0 radical (unpaired) electrons. The molecular formula is C19H18F2N4O. The predicted molar refractivity (Wildman–Crippen MR) is 93.6 cm³/mol. The van der Waals surface area contributed by atoms with E-state index in [0.717, 1.165) is 22.9 Å². The van der Waals surface area contributed by atoms with Gasteiger partial charge in [0, 0.05) is 37.1 Å². The summed E-state index contributed by atoms with van der Waals surface area (Å²) in [5.41, 5.74) is 3.37. The monoisotopic (exact) mass is 356 g/mol. The van der Waals surface area contributed by atoms with Gasteiger partial charge in [0.2, 0.25) is 0 Å². The number of benzene rings is 1. The van der Waals surface area contributed by atoms with Crippen LogP contribution in [-0.4, -0.2) is 27.2 Å². The van der Waals surface area contributed by atoms with Gasteiger partial charge < -0.3 is 5.32 Å². The second-order valence-corrected chi connectivity index (χ2v) is 5.94. The number of nitrogens with one attached hydrogen (secondary N) is 1. The molecule has 1 amide bonds. The quantitative estimate of drug-likeness (QED) is 0.764. The highest BCUT2D eigenvalue weighted by Gasteiger charge is 2.12. The molecule has 0 bridgehead atoms. The summed E-state index contributed by atoms with van der Waals surface area (Å²) in [5, 5.41) is 6.90. The number of amides is 1. The average Bonchev–Trinajstić information content (AvgIpc) is 2.96. The SMILES string of the molecule is Cc1c(-c2ccnc(C(=O)NCCc3ccc(F)cc3F)c2)cnn1C. The zero-order valence-corrected chi connectivity index (χ0v) is 14.5. The molecule has 0 spiro atoms. The minimum atomic E-state index is -0.623. The Morgan fingerprint density at radius 2 is 2.04 bits per heavy atom. The van der Waals surface area contributed by atoms with Crippen molar-refractivity contribution in [1.29, 1.82) is 0 Å². The van der Waals surface area contributed by atoms with E-state index < -0.39 is 11.6 Å². The van der Waals surface area contributed by atoms with Crippen LogP contribution in [0.5, 0.6) is 0 Å². The first-order valence-corrected chi connectivity index (χ1v) is 8.13. The molecule has 2 heterocycles. The smallest absolute Gasteiger partial charge is 0.269 e. The third-order valence-corrected chi connectivity index (χ3v) is 4.23. The highest BCUT2D eigenvalue weighted by Crippen LogP contribution is 2.22. The van der Waals surface area contributed by atoms with Crippen LogP contribution in [0.2, 0.25) is 0 Å². The van der Waals surface area contributed by atoms with E-state index >= 15 is 0 Å². The Balaban J connectivity index is 1.67. The summed E-state index contributed by atoms with van der Waals surface area (Å²) in [6.45, 7) is 2.17. The van der Waals surface area contributed by atoms with Crippen molar-refractivity contribution < 1.29 is 13.6 Å². The van der Waals surface area contributed by atoms with Gasteiger partial charge >= 0.3 is 0 Å². The molecule has 1 N–H and O–H groups in total. The van der Waals surface area contributed by atoms with Crippen LogP contribution in [0.25, 0.3) is 11.1 Å². The summed E-state index contributed by atoms with van der Waals surface area (Å²) in [7, 11) is 1.85. The Hall–Kier alpha value is -3.09. The predicted octanol–water partition coefficient (Wildman–Crippen LogP) is 3.04. The van der Waals surface area contributed by atoms with E-state index in [2.05, 4.69) is 15.4 Å². The van der Waals surface area contributed by atoms with Gasteiger partial charge in [-0.1, -0.05) is 6.07 Å². The van der Waals surface area contributed by atoms with Crippen molar-refractivity contribution in [3.05, 3.63) is 71.3 Å². The summed E-state index contributed by atoms with van der Waals surface area (Å²) in [6, 6.07) is 6.91. The molecule has 0 aliphatic rings. The topological polar surface area (TPSA) is 59.8 Å². The molecular weight excluding hydrogens is 338 g/mol. The molecule has 134 valence electrons. The molecule has 0 saturated heterocycles. The van der Waals surface area contributed by atoms with Gasteiger partial charge in [-0.05, 0) is 42.7 Å². The van der Waals surface area contributed by atoms with Gasteiger partial charge in [-0.25, -0.2) is 8.78 Å². The van der Waals surface area contributed by atoms with Crippen LogP contribution in [0.3, 0.4) is 0 Å². The van der Waals surface area contributed by atoms with E-state index in [1.54, 1.807) is 23.1 Å². The van der Waals surface area contributed by atoms with E-state index in [1.807, 2.05) is 20.0 Å². The van der Waals surface area contributed by atoms with Crippen molar-refractivity contribution in [1.82, 2.24) is 20.1 Å². The van der Waals surface area contributed by atoms with E-state index in [9.17, 15) is 13.6 Å². The molecule has 0 saturated carbocycles. The fourth-order valence-corrected chi connectivity index (χ4v) is 2.63. The minimum absolute atomic E-state index is 0.221. The molecule has 0 atom stereocenters. The second-order valence-electron chi connectivity index (χ2n) is 5.94. The van der Waals surface area contributed by atoms with E-state index in [4.69, 9.17) is 0 Å². The Morgan fingerprint density at radius 1 is 1.23 bits per heavy atom. The fourth-order valence-electron chi connectivity index (χ4n) is 2.63. The van der Waals surface area contributed by atoms with E-state index in [0.29, 0.717) is 5.56 Å². The maximum absolute atomic E-state index is 13.6. The lowest BCUT2D eigenvalue weighted by Crippen LogP contribution is -2.26. The van der Waals surface area contributed by atoms with Crippen LogP contribution >= 0.6 is 0 Å². The molecule has 26 heavy (non-hydrogen) atoms. The van der Waals surface area contributed by atoms with Gasteiger partial charge in [-0.3, -0.25) is 14.5 Å². The fraction of sp³-hybridized carbons (Fsp3) is 0.211.